The first-order valence-corrected chi connectivity index (χ1v) is 12.3. The van der Waals surface area contributed by atoms with E-state index in [1.54, 1.807) is 30.3 Å². The molecule has 2 rings (SSSR count). The van der Waals surface area contributed by atoms with Crippen LogP contribution < -0.4 is 9.04 Å². The van der Waals surface area contributed by atoms with E-state index in [4.69, 9.17) is 4.74 Å². The van der Waals surface area contributed by atoms with Gasteiger partial charge in [0.1, 0.15) is 5.75 Å². The van der Waals surface area contributed by atoms with Crippen LogP contribution >= 0.6 is 15.9 Å². The molecule has 0 spiro atoms. The first-order valence-electron chi connectivity index (χ1n) is 7.74. The van der Waals surface area contributed by atoms with E-state index in [0.29, 0.717) is 28.9 Å². The highest BCUT2D eigenvalue weighted by molar-refractivity contribution is 9.10. The lowest BCUT2D eigenvalue weighted by Crippen LogP contribution is -2.32. The summed E-state index contributed by atoms with van der Waals surface area (Å²) >= 11 is 3.37. The number of halogens is 1. The van der Waals surface area contributed by atoms with Gasteiger partial charge in [-0.2, -0.15) is 0 Å². The monoisotopic (exact) mass is 461 g/mol. The lowest BCUT2D eigenvalue weighted by Gasteiger charge is -2.23. The Kier molecular flexibility index (Phi) is 6.70. The fourth-order valence-corrected chi connectivity index (χ4v) is 4.52. The maximum absolute atomic E-state index is 12.1. The molecule has 2 aromatic carbocycles. The molecular weight excluding hydrogens is 442 g/mol. The van der Waals surface area contributed by atoms with E-state index in [9.17, 15) is 16.8 Å². The van der Waals surface area contributed by atoms with Crippen LogP contribution in [0, 0.1) is 0 Å². The molecule has 0 fully saturated rings. The van der Waals surface area contributed by atoms with Crippen LogP contribution in [0.2, 0.25) is 0 Å². The number of para-hydroxylation sites is 1. The van der Waals surface area contributed by atoms with Crippen molar-refractivity contribution in [2.45, 2.75) is 11.3 Å². The molecule has 0 radical (unpaired) electrons. The molecule has 0 aliphatic rings. The standard InChI is InChI=1S/C17H20BrNO5S2/c1-25(20,21)15-10-8-14(9-11-15)24-13-5-12-19(26(2,22)23)17-7-4-3-6-16(17)18/h3-4,6-11H,5,12-13H2,1-2H3. The predicted octanol–water partition coefficient (Wildman–Crippen LogP) is 3.09. The Morgan fingerprint density at radius 3 is 2.12 bits per heavy atom. The largest absolute Gasteiger partial charge is 0.494 e. The van der Waals surface area contributed by atoms with E-state index in [2.05, 4.69) is 15.9 Å². The zero-order valence-electron chi connectivity index (χ0n) is 14.4. The van der Waals surface area contributed by atoms with Gasteiger partial charge in [-0.15, -0.1) is 0 Å². The number of rotatable bonds is 8. The van der Waals surface area contributed by atoms with E-state index in [0.717, 1.165) is 12.5 Å². The van der Waals surface area contributed by atoms with E-state index < -0.39 is 19.9 Å². The van der Waals surface area contributed by atoms with Gasteiger partial charge >= 0.3 is 0 Å². The second-order valence-corrected chi connectivity index (χ2v) is 10.5. The molecule has 0 bridgehead atoms. The molecule has 0 heterocycles. The smallest absolute Gasteiger partial charge is 0.232 e. The Morgan fingerprint density at radius 1 is 0.962 bits per heavy atom. The molecule has 26 heavy (non-hydrogen) atoms. The van der Waals surface area contributed by atoms with Gasteiger partial charge in [0, 0.05) is 23.7 Å². The quantitative estimate of drug-likeness (QED) is 0.564. The van der Waals surface area contributed by atoms with E-state index in [1.807, 2.05) is 6.07 Å². The maximum Gasteiger partial charge on any atom is 0.232 e. The summed E-state index contributed by atoms with van der Waals surface area (Å²) in [4.78, 5) is 0.224. The highest BCUT2D eigenvalue weighted by Gasteiger charge is 2.19. The summed E-state index contributed by atoms with van der Waals surface area (Å²) < 4.78 is 54.6. The van der Waals surface area contributed by atoms with Crippen LogP contribution in [0.3, 0.4) is 0 Å². The molecule has 0 aliphatic heterocycles. The van der Waals surface area contributed by atoms with Crippen LogP contribution in [0.5, 0.6) is 5.75 Å². The summed E-state index contributed by atoms with van der Waals surface area (Å²) in [5.74, 6) is 0.532. The second kappa shape index (κ2) is 8.41. The first kappa shape index (κ1) is 20.7. The average Bonchev–Trinajstić information content (AvgIpc) is 2.54. The summed E-state index contributed by atoms with van der Waals surface area (Å²) in [7, 11) is -6.67. The van der Waals surface area contributed by atoms with Crippen molar-refractivity contribution >= 4 is 41.5 Å². The van der Waals surface area contributed by atoms with Gasteiger partial charge < -0.3 is 4.74 Å². The number of hydrogen-bond donors (Lipinski definition) is 0. The molecule has 0 aromatic heterocycles. The second-order valence-electron chi connectivity index (χ2n) is 5.73. The van der Waals surface area contributed by atoms with Crippen molar-refractivity contribution in [2.75, 3.05) is 30.0 Å². The average molecular weight is 462 g/mol. The Morgan fingerprint density at radius 2 is 1.58 bits per heavy atom. The van der Waals surface area contributed by atoms with Crippen LogP contribution in [0.1, 0.15) is 6.42 Å². The molecule has 0 atom stereocenters. The number of sulfone groups is 1. The Hall–Kier alpha value is -1.58. The molecule has 6 nitrogen and oxygen atoms in total. The SMILES string of the molecule is CS(=O)(=O)c1ccc(OCCCN(c2ccccc2Br)S(C)(=O)=O)cc1. The van der Waals surface area contributed by atoms with Crippen LogP contribution in [0.4, 0.5) is 5.69 Å². The van der Waals surface area contributed by atoms with E-state index >= 15 is 0 Å². The number of sulfonamides is 1. The third-order valence-corrected chi connectivity index (χ3v) is 6.53. The third-order valence-electron chi connectivity index (χ3n) is 3.55. The third kappa shape index (κ3) is 5.72. The zero-order chi connectivity index (χ0) is 19.4. The number of hydrogen-bond acceptors (Lipinski definition) is 5. The van der Waals surface area contributed by atoms with Crippen LogP contribution in [-0.2, 0) is 19.9 Å². The molecule has 0 N–H and O–H groups in total. The molecule has 0 saturated carbocycles. The van der Waals surface area contributed by atoms with Gasteiger partial charge in [0.15, 0.2) is 9.84 Å². The van der Waals surface area contributed by atoms with Crippen molar-refractivity contribution in [1.82, 2.24) is 0 Å². The van der Waals surface area contributed by atoms with Gasteiger partial charge in [0.25, 0.3) is 0 Å². The van der Waals surface area contributed by atoms with Gasteiger partial charge in [-0.3, -0.25) is 4.31 Å². The minimum absolute atomic E-state index is 0.224. The lowest BCUT2D eigenvalue weighted by atomic mass is 10.3. The summed E-state index contributed by atoms with van der Waals surface area (Å²) in [6.07, 6.45) is 2.78. The van der Waals surface area contributed by atoms with Crippen molar-refractivity contribution in [1.29, 1.82) is 0 Å². The minimum atomic E-state index is -3.43. The molecule has 0 saturated heterocycles. The first-order chi connectivity index (χ1) is 12.1. The lowest BCUT2D eigenvalue weighted by molar-refractivity contribution is 0.313. The zero-order valence-corrected chi connectivity index (χ0v) is 17.6. The summed E-state index contributed by atoms with van der Waals surface area (Å²) in [6, 6.07) is 13.2. The highest BCUT2D eigenvalue weighted by Crippen LogP contribution is 2.27. The van der Waals surface area contributed by atoms with Gasteiger partial charge in [-0.05, 0) is 52.3 Å². The number of nitrogens with zero attached hydrogens (tertiary/aromatic N) is 1. The highest BCUT2D eigenvalue weighted by atomic mass is 79.9. The maximum atomic E-state index is 12.1. The van der Waals surface area contributed by atoms with Crippen LogP contribution in [0.15, 0.2) is 57.9 Å². The molecule has 0 unspecified atom stereocenters. The van der Waals surface area contributed by atoms with Crippen molar-refractivity contribution in [3.63, 3.8) is 0 Å². The van der Waals surface area contributed by atoms with E-state index in [1.165, 1.54) is 16.4 Å². The fraction of sp³-hybridized carbons (Fsp3) is 0.294. The number of benzene rings is 2. The van der Waals surface area contributed by atoms with Gasteiger partial charge in [0.05, 0.1) is 23.4 Å². The van der Waals surface area contributed by atoms with Crippen molar-refractivity contribution in [3.05, 3.63) is 53.0 Å². The molecular formula is C17H20BrNO5S2. The molecule has 2 aromatic rings. The normalized spacial score (nSPS) is 12.0. The topological polar surface area (TPSA) is 80.8 Å². The van der Waals surface area contributed by atoms with Crippen molar-refractivity contribution in [2.24, 2.45) is 0 Å². The van der Waals surface area contributed by atoms with Gasteiger partial charge in [-0.1, -0.05) is 12.1 Å². The fourth-order valence-electron chi connectivity index (χ4n) is 2.30. The molecule has 0 amide bonds. The molecule has 142 valence electrons. The summed E-state index contributed by atoms with van der Waals surface area (Å²) in [5.41, 5.74) is 0.576. The van der Waals surface area contributed by atoms with E-state index in [-0.39, 0.29) is 11.4 Å². The minimum Gasteiger partial charge on any atom is -0.494 e. The number of ether oxygens (including phenoxy) is 1. The Labute approximate surface area is 162 Å². The summed E-state index contributed by atoms with van der Waals surface area (Å²) in [6.45, 7) is 0.567. The molecule has 0 aliphatic carbocycles. The van der Waals surface area contributed by atoms with Crippen molar-refractivity contribution < 1.29 is 21.6 Å². The van der Waals surface area contributed by atoms with Crippen molar-refractivity contribution in [3.8, 4) is 5.75 Å². The predicted molar refractivity (Wildman–Crippen MR) is 106 cm³/mol. The number of anilines is 1. The molecule has 9 heteroatoms. The Bertz CT molecular complexity index is 957. The van der Waals surface area contributed by atoms with Crippen LogP contribution in [-0.4, -0.2) is 42.5 Å². The van der Waals surface area contributed by atoms with Crippen LogP contribution in [0.25, 0.3) is 0 Å². The summed E-state index contributed by atoms with van der Waals surface area (Å²) in [5, 5.41) is 0. The van der Waals surface area contributed by atoms with Gasteiger partial charge in [0.2, 0.25) is 10.0 Å². The van der Waals surface area contributed by atoms with Gasteiger partial charge in [-0.25, -0.2) is 16.8 Å². The Balaban J connectivity index is 1.97.